The van der Waals surface area contributed by atoms with Crippen LogP contribution < -0.4 is 5.32 Å². The van der Waals surface area contributed by atoms with E-state index in [0.29, 0.717) is 23.9 Å². The molecule has 2 heterocycles. The van der Waals surface area contributed by atoms with Crippen molar-refractivity contribution in [3.05, 3.63) is 53.6 Å². The Hall–Kier alpha value is -1.85. The third-order valence-electron chi connectivity index (χ3n) is 4.44. The van der Waals surface area contributed by atoms with Gasteiger partial charge in [0.25, 0.3) is 0 Å². The van der Waals surface area contributed by atoms with Gasteiger partial charge in [-0.3, -0.25) is 4.79 Å². The quantitative estimate of drug-likeness (QED) is 0.837. The Morgan fingerprint density at radius 2 is 2.25 bits per heavy atom. The lowest BCUT2D eigenvalue weighted by molar-refractivity contribution is -0.121. The molecule has 0 radical (unpaired) electrons. The van der Waals surface area contributed by atoms with Gasteiger partial charge in [0.2, 0.25) is 5.91 Å². The van der Waals surface area contributed by atoms with E-state index in [1.165, 1.54) is 0 Å². The molecule has 0 aliphatic carbocycles. The molecule has 1 amide bonds. The number of nitrogens with one attached hydrogen (secondary N) is 1. The van der Waals surface area contributed by atoms with Crippen LogP contribution in [0.5, 0.6) is 0 Å². The zero-order valence-corrected chi connectivity index (χ0v) is 14.3. The number of hydrogen-bond acceptors (Lipinski definition) is 3. The predicted octanol–water partition coefficient (Wildman–Crippen LogP) is 3.06. The van der Waals surface area contributed by atoms with Crippen molar-refractivity contribution in [2.45, 2.75) is 25.3 Å². The Kier molecular flexibility index (Phi) is 5.88. The van der Waals surface area contributed by atoms with E-state index in [1.807, 2.05) is 35.0 Å². The molecule has 1 aromatic carbocycles. The van der Waals surface area contributed by atoms with Gasteiger partial charge in [-0.15, -0.1) is 0 Å². The molecule has 2 atom stereocenters. The third kappa shape index (κ3) is 4.58. The molecule has 1 aliphatic rings. The van der Waals surface area contributed by atoms with E-state index < -0.39 is 0 Å². The fourth-order valence-electron chi connectivity index (χ4n) is 2.98. The van der Waals surface area contributed by atoms with Crippen LogP contribution in [0.4, 0.5) is 0 Å². The smallest absolute Gasteiger partial charge is 0.220 e. The van der Waals surface area contributed by atoms with E-state index >= 15 is 0 Å². The maximum Gasteiger partial charge on any atom is 0.220 e. The molecule has 0 bridgehead atoms. The van der Waals surface area contributed by atoms with Crippen LogP contribution >= 0.6 is 11.6 Å². The van der Waals surface area contributed by atoms with E-state index in [0.717, 1.165) is 31.6 Å². The molecule has 1 aliphatic heterocycles. The number of nitrogens with zero attached hydrogens (tertiary/aromatic N) is 2. The molecule has 0 spiro atoms. The first-order chi connectivity index (χ1) is 11.7. The van der Waals surface area contributed by atoms with E-state index in [-0.39, 0.29) is 11.9 Å². The molecule has 2 unspecified atom stereocenters. The molecular weight excluding hydrogens is 326 g/mol. The minimum Gasteiger partial charge on any atom is -0.381 e. The van der Waals surface area contributed by atoms with Gasteiger partial charge in [-0.1, -0.05) is 23.7 Å². The molecular formula is C18H22ClN3O2. The molecule has 1 N–H and O–H groups in total. The van der Waals surface area contributed by atoms with Gasteiger partial charge in [0, 0.05) is 43.6 Å². The summed E-state index contributed by atoms with van der Waals surface area (Å²) >= 11 is 5.97. The average Bonchev–Trinajstić information content (AvgIpc) is 3.28. The van der Waals surface area contributed by atoms with Gasteiger partial charge in [-0.2, -0.15) is 0 Å². The number of aromatic nitrogens is 2. The lowest BCUT2D eigenvalue weighted by atomic mass is 10.0. The van der Waals surface area contributed by atoms with Crippen molar-refractivity contribution in [1.29, 1.82) is 0 Å². The summed E-state index contributed by atoms with van der Waals surface area (Å²) in [7, 11) is 0. The summed E-state index contributed by atoms with van der Waals surface area (Å²) in [6.07, 6.45) is 7.91. The Balaban J connectivity index is 1.57. The van der Waals surface area contributed by atoms with Crippen LogP contribution in [-0.4, -0.2) is 35.2 Å². The van der Waals surface area contributed by atoms with Crippen molar-refractivity contribution in [1.82, 2.24) is 14.9 Å². The Morgan fingerprint density at radius 1 is 1.42 bits per heavy atom. The lowest BCUT2D eigenvalue weighted by Crippen LogP contribution is -2.31. The summed E-state index contributed by atoms with van der Waals surface area (Å²) in [6, 6.07) is 7.69. The fourth-order valence-corrected chi connectivity index (χ4v) is 3.11. The van der Waals surface area contributed by atoms with Crippen LogP contribution in [-0.2, 0) is 9.53 Å². The van der Waals surface area contributed by atoms with Gasteiger partial charge >= 0.3 is 0 Å². The number of imidazole rings is 1. The SMILES string of the molecule is O=C(CCC1CCOC1)NCC(c1ccc(Cl)cc1)n1ccnc1. The van der Waals surface area contributed by atoms with E-state index in [1.54, 1.807) is 12.5 Å². The number of amides is 1. The zero-order valence-electron chi connectivity index (χ0n) is 13.5. The predicted molar refractivity (Wildman–Crippen MR) is 93.0 cm³/mol. The number of rotatable bonds is 7. The van der Waals surface area contributed by atoms with E-state index in [2.05, 4.69) is 10.3 Å². The lowest BCUT2D eigenvalue weighted by Gasteiger charge is -2.20. The minimum atomic E-state index is 0.00327. The summed E-state index contributed by atoms with van der Waals surface area (Å²) in [5, 5.41) is 3.75. The fraction of sp³-hybridized carbons (Fsp3) is 0.444. The Labute approximate surface area is 147 Å². The number of benzene rings is 1. The van der Waals surface area contributed by atoms with Crippen LogP contribution in [0.2, 0.25) is 5.02 Å². The summed E-state index contributed by atoms with van der Waals surface area (Å²) in [5.74, 6) is 0.609. The van der Waals surface area contributed by atoms with Crippen molar-refractivity contribution in [2.24, 2.45) is 5.92 Å². The highest BCUT2D eigenvalue weighted by atomic mass is 35.5. The van der Waals surface area contributed by atoms with Crippen molar-refractivity contribution in [2.75, 3.05) is 19.8 Å². The second kappa shape index (κ2) is 8.31. The molecule has 128 valence electrons. The van der Waals surface area contributed by atoms with Crippen LogP contribution in [0, 0.1) is 5.92 Å². The normalized spacial score (nSPS) is 18.5. The number of carbonyl (C=O) groups excluding carboxylic acids is 1. The second-order valence-electron chi connectivity index (χ2n) is 6.15. The molecule has 1 saturated heterocycles. The van der Waals surface area contributed by atoms with Crippen LogP contribution in [0.1, 0.15) is 30.9 Å². The highest BCUT2D eigenvalue weighted by Crippen LogP contribution is 2.21. The summed E-state index contributed by atoms with van der Waals surface area (Å²) in [4.78, 5) is 16.3. The van der Waals surface area contributed by atoms with Crippen molar-refractivity contribution >= 4 is 17.5 Å². The van der Waals surface area contributed by atoms with Crippen LogP contribution in [0.3, 0.4) is 0 Å². The van der Waals surface area contributed by atoms with Gasteiger partial charge in [-0.05, 0) is 36.5 Å². The monoisotopic (exact) mass is 347 g/mol. The Morgan fingerprint density at radius 3 is 2.92 bits per heavy atom. The molecule has 3 rings (SSSR count). The first-order valence-corrected chi connectivity index (χ1v) is 8.67. The van der Waals surface area contributed by atoms with Crippen molar-refractivity contribution in [3.8, 4) is 0 Å². The van der Waals surface area contributed by atoms with Gasteiger partial charge in [0.05, 0.1) is 12.4 Å². The highest BCUT2D eigenvalue weighted by Gasteiger charge is 2.18. The molecule has 24 heavy (non-hydrogen) atoms. The molecule has 5 nitrogen and oxygen atoms in total. The molecule has 6 heteroatoms. The molecule has 2 aromatic rings. The van der Waals surface area contributed by atoms with Crippen LogP contribution in [0.25, 0.3) is 0 Å². The number of ether oxygens (including phenoxy) is 1. The van der Waals surface area contributed by atoms with Gasteiger partial charge in [-0.25, -0.2) is 4.98 Å². The highest BCUT2D eigenvalue weighted by molar-refractivity contribution is 6.30. The van der Waals surface area contributed by atoms with Gasteiger partial charge in [0.15, 0.2) is 0 Å². The van der Waals surface area contributed by atoms with E-state index in [9.17, 15) is 4.79 Å². The van der Waals surface area contributed by atoms with E-state index in [4.69, 9.17) is 16.3 Å². The maximum absolute atomic E-state index is 12.2. The van der Waals surface area contributed by atoms with Crippen LogP contribution in [0.15, 0.2) is 43.0 Å². The minimum absolute atomic E-state index is 0.00327. The summed E-state index contributed by atoms with van der Waals surface area (Å²) < 4.78 is 7.35. The van der Waals surface area contributed by atoms with Crippen molar-refractivity contribution in [3.63, 3.8) is 0 Å². The standard InChI is InChI=1S/C18H22ClN3O2/c19-16-4-2-15(3-5-16)17(22-9-8-20-13-22)11-21-18(23)6-1-14-7-10-24-12-14/h2-5,8-9,13-14,17H,1,6-7,10-12H2,(H,21,23). The maximum atomic E-state index is 12.2. The largest absolute Gasteiger partial charge is 0.381 e. The number of hydrogen-bond donors (Lipinski definition) is 1. The van der Waals surface area contributed by atoms with Gasteiger partial charge < -0.3 is 14.6 Å². The first-order valence-electron chi connectivity index (χ1n) is 8.29. The van der Waals surface area contributed by atoms with Crippen molar-refractivity contribution < 1.29 is 9.53 Å². The molecule has 1 aromatic heterocycles. The summed E-state index contributed by atoms with van der Waals surface area (Å²) in [5.41, 5.74) is 1.09. The summed E-state index contributed by atoms with van der Waals surface area (Å²) in [6.45, 7) is 2.14. The zero-order chi connectivity index (χ0) is 16.8. The Bertz CT molecular complexity index is 637. The van der Waals surface area contributed by atoms with Gasteiger partial charge in [0.1, 0.15) is 0 Å². The number of halogens is 1. The topological polar surface area (TPSA) is 56.1 Å². The molecule has 0 saturated carbocycles. The molecule has 1 fully saturated rings. The number of carbonyl (C=O) groups is 1. The average molecular weight is 348 g/mol. The second-order valence-corrected chi connectivity index (χ2v) is 6.59. The third-order valence-corrected chi connectivity index (χ3v) is 4.69. The first kappa shape index (κ1) is 17.0.